The van der Waals surface area contributed by atoms with Gasteiger partial charge in [0.2, 0.25) is 0 Å². The summed E-state index contributed by atoms with van der Waals surface area (Å²) < 4.78 is 37.9. The maximum atomic E-state index is 15.4. The Hall–Kier alpha value is -3.94. The monoisotopic (exact) mass is 1000 g/mol. The SMILES string of the molecule is CCCCCCCCCCCCCCCCCCOC(C)O[C@@H](C(=O)O[C@H]1C[C@@]2(O)[C@@H](OC(=O)c3ccccc3)[C@@H]3[C@]4(OC(C)=O)CO[C@@H]4C[C@H](O)[C@@]3(C)C(=O)[C@H](C)C(=C1C)C2(C)C)[C@@H](C)c1ccccc1. The minimum absolute atomic E-state index is 0.0270. The number of aliphatic hydroxyl groups excluding tert-OH is 1. The van der Waals surface area contributed by atoms with Gasteiger partial charge in [-0.1, -0.05) is 179 Å². The normalized spacial score (nSPS) is 29.8. The summed E-state index contributed by atoms with van der Waals surface area (Å²) in [7, 11) is 0. The summed E-state index contributed by atoms with van der Waals surface area (Å²) in [5.74, 6) is -5.22. The second kappa shape index (κ2) is 25.5. The lowest BCUT2D eigenvalue weighted by Gasteiger charge is -2.67. The van der Waals surface area contributed by atoms with Crippen molar-refractivity contribution in [2.45, 2.75) is 232 Å². The van der Waals surface area contributed by atoms with E-state index >= 15 is 4.79 Å². The minimum Gasteiger partial charge on any atom is -0.456 e. The number of rotatable bonds is 27. The Morgan fingerprint density at radius 3 is 1.86 bits per heavy atom. The van der Waals surface area contributed by atoms with Crippen LogP contribution >= 0.6 is 0 Å². The Balaban J connectivity index is 1.19. The van der Waals surface area contributed by atoms with Gasteiger partial charge in [-0.2, -0.15) is 0 Å². The highest BCUT2D eigenvalue weighted by atomic mass is 16.7. The van der Waals surface area contributed by atoms with Crippen molar-refractivity contribution in [1.82, 2.24) is 0 Å². The fourth-order valence-electron chi connectivity index (χ4n) is 12.9. The Labute approximate surface area is 430 Å². The first-order chi connectivity index (χ1) is 34.3. The number of esters is 3. The predicted octanol–water partition coefficient (Wildman–Crippen LogP) is 11.7. The van der Waals surface area contributed by atoms with Gasteiger partial charge in [-0.3, -0.25) is 9.59 Å². The van der Waals surface area contributed by atoms with Crippen LogP contribution in [0.25, 0.3) is 0 Å². The van der Waals surface area contributed by atoms with E-state index in [2.05, 4.69) is 6.92 Å². The van der Waals surface area contributed by atoms with Crippen molar-refractivity contribution >= 4 is 23.7 Å². The Kier molecular flexibility index (Phi) is 20.3. The molecule has 6 rings (SSSR count). The number of ether oxygens (including phenoxy) is 6. The van der Waals surface area contributed by atoms with E-state index in [1.54, 1.807) is 71.9 Å². The number of fused-ring (bicyclic) bond motifs is 5. The number of ketones is 1. The molecule has 12 heteroatoms. The van der Waals surface area contributed by atoms with Gasteiger partial charge in [-0.15, -0.1) is 0 Å². The van der Waals surface area contributed by atoms with Gasteiger partial charge in [0.1, 0.15) is 29.7 Å². The van der Waals surface area contributed by atoms with E-state index in [1.165, 1.54) is 90.4 Å². The summed E-state index contributed by atoms with van der Waals surface area (Å²) in [6, 6.07) is 17.9. The molecule has 2 aromatic carbocycles. The largest absolute Gasteiger partial charge is 0.456 e. The molecule has 3 aliphatic carbocycles. The summed E-state index contributed by atoms with van der Waals surface area (Å²) in [5, 5.41) is 25.9. The number of carbonyl (C=O) groups is 4. The maximum Gasteiger partial charge on any atom is 0.338 e. The molecule has 72 heavy (non-hydrogen) atoms. The van der Waals surface area contributed by atoms with Crippen molar-refractivity contribution in [1.29, 1.82) is 0 Å². The van der Waals surface area contributed by atoms with Gasteiger partial charge in [0.25, 0.3) is 0 Å². The number of benzene rings is 2. The molecule has 2 bridgehead atoms. The zero-order valence-corrected chi connectivity index (χ0v) is 45.1. The lowest BCUT2D eigenvalue weighted by molar-refractivity contribution is -0.345. The molecular formula is C60H88O12. The van der Waals surface area contributed by atoms with Gasteiger partial charge >= 0.3 is 17.9 Å². The fraction of sp³-hybridized carbons (Fsp3) is 0.700. The topological polar surface area (TPSA) is 164 Å². The minimum atomic E-state index is -2.09. The molecule has 1 heterocycles. The average Bonchev–Trinajstić information content (AvgIpc) is 3.35. The quantitative estimate of drug-likeness (QED) is 0.0287. The smallest absolute Gasteiger partial charge is 0.338 e. The first-order valence-corrected chi connectivity index (χ1v) is 27.6. The van der Waals surface area contributed by atoms with Gasteiger partial charge in [-0.25, -0.2) is 9.59 Å². The lowest BCUT2D eigenvalue weighted by Crippen LogP contribution is -2.81. The van der Waals surface area contributed by atoms with Crippen molar-refractivity contribution in [3.05, 3.63) is 82.9 Å². The maximum absolute atomic E-state index is 15.4. The van der Waals surface area contributed by atoms with Crippen LogP contribution in [0.2, 0.25) is 0 Å². The van der Waals surface area contributed by atoms with Crippen LogP contribution in [-0.2, 0) is 42.8 Å². The number of carbonyl (C=O) groups excluding carboxylic acids is 4. The van der Waals surface area contributed by atoms with Crippen LogP contribution in [0.1, 0.15) is 200 Å². The number of Topliss-reactive ketones (excluding diaryl/α,β-unsaturated/α-hetero) is 1. The molecule has 0 amide bonds. The molecule has 4 aliphatic rings. The molecule has 1 saturated heterocycles. The fourth-order valence-corrected chi connectivity index (χ4v) is 12.9. The van der Waals surface area contributed by atoms with Crippen LogP contribution in [0.5, 0.6) is 0 Å². The number of hydrogen-bond donors (Lipinski definition) is 2. The zero-order chi connectivity index (χ0) is 52.3. The van der Waals surface area contributed by atoms with E-state index in [1.807, 2.05) is 37.3 Å². The highest BCUT2D eigenvalue weighted by molar-refractivity contribution is 5.92. The average molecular weight is 1000 g/mol. The Morgan fingerprint density at radius 2 is 1.33 bits per heavy atom. The lowest BCUT2D eigenvalue weighted by atomic mass is 9.43. The zero-order valence-electron chi connectivity index (χ0n) is 45.1. The Morgan fingerprint density at radius 1 is 0.792 bits per heavy atom. The molecule has 0 radical (unpaired) electrons. The standard InChI is InChI=1S/C60H88O12/c1-10-11-12-13-14-15-16-17-18-19-20-21-22-23-24-31-36-67-44(6)69-51(40(2)45-32-27-25-28-33-45)56(65)70-47-38-60(66)54(71-55(64)46-34-29-26-30-35-46)52-58(9,53(63)42(4)50(41(47)3)57(60,7)8)48(62)37-49-59(52,39-68-49)72-43(5)61/h25-30,32-35,40,42,44,47-49,51-52,54,62,66H,10-24,31,36-39H2,1-9H3/t40-,42+,44?,47-,48-,49+,51+,52-,54-,58+,59-,60+/m0/s1. The summed E-state index contributed by atoms with van der Waals surface area (Å²) in [6.45, 7) is 16.3. The molecule has 2 aromatic rings. The molecule has 400 valence electrons. The second-order valence-electron chi connectivity index (χ2n) is 22.4. The molecule has 0 aromatic heterocycles. The summed E-state index contributed by atoms with van der Waals surface area (Å²) >= 11 is 0. The number of hydrogen-bond acceptors (Lipinski definition) is 12. The molecule has 1 aliphatic heterocycles. The van der Waals surface area contributed by atoms with Crippen LogP contribution in [-0.4, -0.2) is 95.1 Å². The van der Waals surface area contributed by atoms with Crippen LogP contribution in [0.3, 0.4) is 0 Å². The first kappa shape index (κ1) is 57.3. The van der Waals surface area contributed by atoms with E-state index in [9.17, 15) is 24.6 Å². The molecule has 1 unspecified atom stereocenters. The Bertz CT molecular complexity index is 2120. The molecule has 3 fully saturated rings. The van der Waals surface area contributed by atoms with Crippen molar-refractivity contribution in [2.75, 3.05) is 13.2 Å². The highest BCUT2D eigenvalue weighted by Crippen LogP contribution is 2.65. The van der Waals surface area contributed by atoms with Gasteiger partial charge in [-0.05, 0) is 56.0 Å². The van der Waals surface area contributed by atoms with Crippen molar-refractivity contribution in [3.8, 4) is 0 Å². The summed E-state index contributed by atoms with van der Waals surface area (Å²) in [4.78, 5) is 57.8. The third-order valence-electron chi connectivity index (χ3n) is 17.2. The predicted molar refractivity (Wildman–Crippen MR) is 277 cm³/mol. The van der Waals surface area contributed by atoms with Crippen molar-refractivity contribution in [2.24, 2.45) is 22.7 Å². The van der Waals surface area contributed by atoms with Crippen LogP contribution in [0.4, 0.5) is 0 Å². The van der Waals surface area contributed by atoms with Crippen LogP contribution < -0.4 is 0 Å². The molecule has 12 atom stereocenters. The van der Waals surface area contributed by atoms with Crippen LogP contribution in [0, 0.1) is 22.7 Å². The summed E-state index contributed by atoms with van der Waals surface area (Å²) in [6.07, 6.45) is 13.3. The molecule has 2 N–H and O–H groups in total. The van der Waals surface area contributed by atoms with E-state index < -0.39 is 94.5 Å². The molecular weight excluding hydrogens is 913 g/mol. The summed E-state index contributed by atoms with van der Waals surface area (Å²) in [5.41, 5.74) is -4.55. The number of unbranched alkanes of at least 4 members (excludes halogenated alkanes) is 15. The first-order valence-electron chi connectivity index (χ1n) is 27.6. The third-order valence-corrected chi connectivity index (χ3v) is 17.2. The molecule has 12 nitrogen and oxygen atoms in total. The van der Waals surface area contributed by atoms with Crippen LogP contribution in [0.15, 0.2) is 71.8 Å². The van der Waals surface area contributed by atoms with E-state index in [0.29, 0.717) is 17.8 Å². The van der Waals surface area contributed by atoms with Gasteiger partial charge in [0.15, 0.2) is 18.0 Å². The third kappa shape index (κ3) is 12.4. The van der Waals surface area contributed by atoms with E-state index in [0.717, 1.165) is 24.8 Å². The second-order valence-corrected chi connectivity index (χ2v) is 22.4. The van der Waals surface area contributed by atoms with Gasteiger partial charge in [0, 0.05) is 43.6 Å². The van der Waals surface area contributed by atoms with Gasteiger partial charge in [0.05, 0.1) is 29.6 Å². The van der Waals surface area contributed by atoms with E-state index in [-0.39, 0.29) is 30.8 Å². The van der Waals surface area contributed by atoms with Gasteiger partial charge < -0.3 is 38.6 Å². The highest BCUT2D eigenvalue weighted by Gasteiger charge is 2.77. The van der Waals surface area contributed by atoms with E-state index in [4.69, 9.17) is 28.4 Å². The van der Waals surface area contributed by atoms with Crippen molar-refractivity contribution < 1.29 is 57.8 Å². The molecule has 0 spiro atoms. The van der Waals surface area contributed by atoms with Crippen molar-refractivity contribution in [3.63, 3.8) is 0 Å². The number of aliphatic hydroxyl groups is 2. The molecule has 2 saturated carbocycles.